The van der Waals surface area contributed by atoms with Crippen molar-refractivity contribution in [2.24, 2.45) is 29.1 Å². The molecular formula is C25H46N2O6. The maximum atomic E-state index is 13.4. The van der Waals surface area contributed by atoms with Crippen LogP contribution in [0.3, 0.4) is 0 Å². The van der Waals surface area contributed by atoms with Gasteiger partial charge in [0.2, 0.25) is 11.8 Å². The molecule has 0 bridgehead atoms. The van der Waals surface area contributed by atoms with Crippen molar-refractivity contribution >= 4 is 11.8 Å². The summed E-state index contributed by atoms with van der Waals surface area (Å²) in [5.74, 6) is -0.178. The number of aliphatic hydroxyl groups excluding tert-OH is 1. The molecule has 2 N–H and O–H groups in total. The lowest BCUT2D eigenvalue weighted by atomic mass is 9.51. The lowest BCUT2D eigenvalue weighted by Gasteiger charge is -2.56. The normalized spacial score (nSPS) is 32.6. The Balaban J connectivity index is 2.12. The van der Waals surface area contributed by atoms with E-state index in [1.807, 2.05) is 6.92 Å². The zero-order valence-corrected chi connectivity index (χ0v) is 21.5. The van der Waals surface area contributed by atoms with E-state index in [9.17, 15) is 14.7 Å². The van der Waals surface area contributed by atoms with Gasteiger partial charge in [0.1, 0.15) is 0 Å². The molecule has 0 spiro atoms. The molecule has 0 heterocycles. The van der Waals surface area contributed by atoms with E-state index in [4.69, 9.17) is 14.2 Å². The van der Waals surface area contributed by atoms with Gasteiger partial charge in [0.25, 0.3) is 0 Å². The van der Waals surface area contributed by atoms with E-state index >= 15 is 0 Å². The lowest BCUT2D eigenvalue weighted by molar-refractivity contribution is -0.152. The summed E-state index contributed by atoms with van der Waals surface area (Å²) in [6, 6.07) is 0.0340. The Morgan fingerprint density at radius 1 is 1.06 bits per heavy atom. The molecule has 2 aliphatic carbocycles. The van der Waals surface area contributed by atoms with Crippen molar-refractivity contribution in [3.8, 4) is 0 Å². The molecule has 2 amide bonds. The van der Waals surface area contributed by atoms with E-state index in [1.54, 1.807) is 26.2 Å². The number of fused-ring (bicyclic) bond motifs is 1. The summed E-state index contributed by atoms with van der Waals surface area (Å²) in [5.41, 5.74) is 0.0254. The van der Waals surface area contributed by atoms with Gasteiger partial charge in [0, 0.05) is 52.8 Å². The van der Waals surface area contributed by atoms with Crippen LogP contribution in [0.15, 0.2) is 0 Å². The first-order chi connectivity index (χ1) is 15.7. The molecule has 0 aliphatic heterocycles. The van der Waals surface area contributed by atoms with Gasteiger partial charge in [-0.1, -0.05) is 20.8 Å². The molecule has 2 saturated carbocycles. The molecule has 2 rings (SSSR count). The van der Waals surface area contributed by atoms with Crippen LogP contribution in [0.25, 0.3) is 0 Å². The summed E-state index contributed by atoms with van der Waals surface area (Å²) in [6.45, 7) is 8.73. The Labute approximate surface area is 199 Å². The average molecular weight is 471 g/mol. The van der Waals surface area contributed by atoms with Crippen molar-refractivity contribution in [3.63, 3.8) is 0 Å². The van der Waals surface area contributed by atoms with Gasteiger partial charge in [-0.2, -0.15) is 0 Å². The SMILES string of the molecule is COCCC(=O)N[C@H]1CC[C@]2(C)CC[C@@H]([C@H](C)C(=O)N(CCOC)CCOC)[C@H](O)[C@H]2[C@@H]1C. The van der Waals surface area contributed by atoms with Crippen LogP contribution in [0, 0.1) is 29.1 Å². The van der Waals surface area contributed by atoms with E-state index < -0.39 is 6.10 Å². The molecule has 0 radical (unpaired) electrons. The van der Waals surface area contributed by atoms with Gasteiger partial charge in [-0.25, -0.2) is 0 Å². The van der Waals surface area contributed by atoms with Gasteiger partial charge >= 0.3 is 0 Å². The molecule has 192 valence electrons. The zero-order valence-electron chi connectivity index (χ0n) is 21.5. The number of methoxy groups -OCH3 is 3. The fourth-order valence-corrected chi connectivity index (χ4v) is 6.18. The minimum atomic E-state index is -0.580. The topological polar surface area (TPSA) is 97.3 Å². The molecule has 2 fully saturated rings. The highest BCUT2D eigenvalue weighted by atomic mass is 16.5. The van der Waals surface area contributed by atoms with Crippen LogP contribution in [-0.2, 0) is 23.8 Å². The second kappa shape index (κ2) is 13.0. The van der Waals surface area contributed by atoms with Crippen LogP contribution >= 0.6 is 0 Å². The highest BCUT2D eigenvalue weighted by Gasteiger charge is 2.54. The molecule has 8 nitrogen and oxygen atoms in total. The van der Waals surface area contributed by atoms with Crippen LogP contribution in [0.5, 0.6) is 0 Å². The molecular weight excluding hydrogens is 424 g/mol. The van der Waals surface area contributed by atoms with Gasteiger partial charge in [-0.3, -0.25) is 9.59 Å². The third-order valence-corrected chi connectivity index (χ3v) is 8.24. The number of amides is 2. The number of aliphatic hydroxyl groups is 1. The standard InChI is InChI=1S/C25H46N2O6/c1-17(24(30)27(12-15-32-5)13-16-33-6)19-7-10-25(3)11-8-20(18(2)22(25)23(19)29)26-21(28)9-14-31-4/h17-20,22-23,29H,7-16H2,1-6H3,(H,26,28)/t17-,18+,19-,20-,22+,23-,25-/m0/s1. The minimum Gasteiger partial charge on any atom is -0.392 e. The Bertz CT molecular complexity index is 624. The monoisotopic (exact) mass is 470 g/mol. The summed E-state index contributed by atoms with van der Waals surface area (Å²) in [6.07, 6.45) is 3.47. The van der Waals surface area contributed by atoms with E-state index in [0.717, 1.165) is 25.7 Å². The van der Waals surface area contributed by atoms with Gasteiger partial charge in [-0.15, -0.1) is 0 Å². The predicted molar refractivity (Wildman–Crippen MR) is 127 cm³/mol. The largest absolute Gasteiger partial charge is 0.392 e. The van der Waals surface area contributed by atoms with Gasteiger partial charge in [0.05, 0.1) is 25.9 Å². The number of carbonyl (C=O) groups excluding carboxylic acids is 2. The second-order valence-corrected chi connectivity index (χ2v) is 10.3. The summed E-state index contributed by atoms with van der Waals surface area (Å²) in [7, 11) is 4.85. The van der Waals surface area contributed by atoms with Crippen molar-refractivity contribution in [2.75, 3.05) is 54.2 Å². The molecule has 0 saturated heterocycles. The van der Waals surface area contributed by atoms with E-state index in [-0.39, 0.29) is 46.9 Å². The van der Waals surface area contributed by atoms with Crippen LogP contribution in [0.4, 0.5) is 0 Å². The molecule has 0 unspecified atom stereocenters. The quantitative estimate of drug-likeness (QED) is 0.453. The molecule has 2 aliphatic rings. The summed E-state index contributed by atoms with van der Waals surface area (Å²) in [5, 5.41) is 14.8. The van der Waals surface area contributed by atoms with Crippen LogP contribution in [-0.4, -0.2) is 88.2 Å². The first-order valence-corrected chi connectivity index (χ1v) is 12.4. The smallest absolute Gasteiger partial charge is 0.225 e. The maximum Gasteiger partial charge on any atom is 0.225 e. The predicted octanol–water partition coefficient (Wildman–Crippen LogP) is 2.09. The Kier molecular flexibility index (Phi) is 11.1. The number of nitrogens with one attached hydrogen (secondary N) is 1. The highest BCUT2D eigenvalue weighted by Crippen LogP contribution is 2.55. The lowest BCUT2D eigenvalue weighted by Crippen LogP contribution is -2.58. The van der Waals surface area contributed by atoms with Crippen molar-refractivity contribution in [2.45, 2.75) is 65.0 Å². The number of carbonyl (C=O) groups is 2. The van der Waals surface area contributed by atoms with Crippen molar-refractivity contribution in [1.29, 1.82) is 0 Å². The van der Waals surface area contributed by atoms with Crippen LogP contribution in [0.2, 0.25) is 0 Å². The minimum absolute atomic E-state index is 0.00498. The number of nitrogens with zero attached hydrogens (tertiary/aromatic N) is 1. The average Bonchev–Trinajstić information content (AvgIpc) is 2.79. The van der Waals surface area contributed by atoms with Crippen LogP contribution < -0.4 is 5.32 Å². The Morgan fingerprint density at radius 3 is 2.21 bits per heavy atom. The van der Waals surface area contributed by atoms with Crippen molar-refractivity contribution < 1.29 is 28.9 Å². The van der Waals surface area contributed by atoms with Crippen molar-refractivity contribution in [3.05, 3.63) is 0 Å². The van der Waals surface area contributed by atoms with Gasteiger partial charge < -0.3 is 29.5 Å². The van der Waals surface area contributed by atoms with Crippen molar-refractivity contribution in [1.82, 2.24) is 10.2 Å². The summed E-state index contributed by atoms with van der Waals surface area (Å²) in [4.78, 5) is 27.5. The fraction of sp³-hybridized carbons (Fsp3) is 0.920. The first-order valence-electron chi connectivity index (χ1n) is 12.4. The zero-order chi connectivity index (χ0) is 24.6. The molecule has 7 atom stereocenters. The second-order valence-electron chi connectivity index (χ2n) is 10.3. The summed E-state index contributed by atoms with van der Waals surface area (Å²) < 4.78 is 15.4. The Hall–Kier alpha value is -1.22. The van der Waals surface area contributed by atoms with E-state index in [2.05, 4.69) is 19.2 Å². The first kappa shape index (κ1) is 28.0. The fourth-order valence-electron chi connectivity index (χ4n) is 6.18. The molecule has 0 aromatic heterocycles. The van der Waals surface area contributed by atoms with Gasteiger partial charge in [-0.05, 0) is 48.9 Å². The number of hydrogen-bond donors (Lipinski definition) is 2. The number of hydrogen-bond acceptors (Lipinski definition) is 6. The van der Waals surface area contributed by atoms with E-state index in [1.165, 1.54) is 0 Å². The third kappa shape index (κ3) is 6.90. The van der Waals surface area contributed by atoms with E-state index in [0.29, 0.717) is 39.3 Å². The Morgan fingerprint density at radius 2 is 1.64 bits per heavy atom. The van der Waals surface area contributed by atoms with Crippen LogP contribution in [0.1, 0.15) is 52.9 Å². The highest BCUT2D eigenvalue weighted by molar-refractivity contribution is 5.79. The van der Waals surface area contributed by atoms with Gasteiger partial charge in [0.15, 0.2) is 0 Å². The number of ether oxygens (including phenoxy) is 3. The maximum absolute atomic E-state index is 13.4. The molecule has 8 heteroatoms. The molecule has 0 aromatic rings. The number of rotatable bonds is 12. The molecule has 0 aromatic carbocycles. The third-order valence-electron chi connectivity index (χ3n) is 8.24. The molecule has 33 heavy (non-hydrogen) atoms. The summed E-state index contributed by atoms with van der Waals surface area (Å²) >= 11 is 0.